The average Bonchev–Trinajstić information content (AvgIpc) is 3.05. The number of thioether (sulfide) groups is 1. The fraction of sp³-hybridized carbons (Fsp3) is 0.438. The quantitative estimate of drug-likeness (QED) is 0.772. The summed E-state index contributed by atoms with van der Waals surface area (Å²) in [6.45, 7) is 2.00. The van der Waals surface area contributed by atoms with Crippen molar-refractivity contribution in [1.29, 1.82) is 0 Å². The number of carbonyl (C=O) groups excluding carboxylic acids is 3. The van der Waals surface area contributed by atoms with Gasteiger partial charge in [0, 0.05) is 16.6 Å². The third-order valence-corrected chi connectivity index (χ3v) is 6.39. The minimum atomic E-state index is -0.533. The fourth-order valence-corrected chi connectivity index (χ4v) is 4.93. The van der Waals surface area contributed by atoms with Crippen molar-refractivity contribution < 1.29 is 19.1 Å². The Morgan fingerprint density at radius 1 is 1.46 bits per heavy atom. The van der Waals surface area contributed by atoms with Gasteiger partial charge in [-0.05, 0) is 31.5 Å². The number of amides is 2. The second kappa shape index (κ2) is 6.40. The number of carbonyl (C=O) groups is 3. The van der Waals surface area contributed by atoms with Crippen LogP contribution in [0.3, 0.4) is 0 Å². The molecule has 2 saturated heterocycles. The topological polar surface area (TPSA) is 75.7 Å². The summed E-state index contributed by atoms with van der Waals surface area (Å²) in [5.74, 6) is -0.256. The molecule has 2 aliphatic rings. The Morgan fingerprint density at radius 2 is 2.21 bits per heavy atom. The number of halogens is 1. The molecule has 1 aromatic rings. The highest BCUT2D eigenvalue weighted by atomic mass is 79.9. The van der Waals surface area contributed by atoms with Crippen molar-refractivity contribution in [3.05, 3.63) is 28.2 Å². The van der Waals surface area contributed by atoms with E-state index in [0.29, 0.717) is 22.3 Å². The van der Waals surface area contributed by atoms with Gasteiger partial charge in [-0.15, -0.1) is 11.8 Å². The number of rotatable bonds is 3. The highest BCUT2D eigenvalue weighted by molar-refractivity contribution is 9.10. The van der Waals surface area contributed by atoms with Crippen molar-refractivity contribution in [2.24, 2.45) is 0 Å². The molecular formula is C16H17BrN2O4S. The van der Waals surface area contributed by atoms with E-state index in [1.165, 1.54) is 7.11 Å². The summed E-state index contributed by atoms with van der Waals surface area (Å²) < 4.78 is 5.47. The van der Waals surface area contributed by atoms with Gasteiger partial charge in [-0.2, -0.15) is 0 Å². The lowest BCUT2D eigenvalue weighted by atomic mass is 10.1. The van der Waals surface area contributed by atoms with Crippen LogP contribution in [0.25, 0.3) is 0 Å². The molecule has 2 aliphatic heterocycles. The number of benzene rings is 1. The van der Waals surface area contributed by atoms with Gasteiger partial charge in [-0.1, -0.05) is 15.9 Å². The summed E-state index contributed by atoms with van der Waals surface area (Å²) in [6.07, 6.45) is 1.23. The summed E-state index contributed by atoms with van der Waals surface area (Å²) in [4.78, 5) is 38.2. The third kappa shape index (κ3) is 2.93. The fourth-order valence-electron chi connectivity index (χ4n) is 3.14. The molecule has 1 aromatic carbocycles. The maximum absolute atomic E-state index is 12.7. The molecule has 2 fully saturated rings. The standard InChI is InChI=1S/C16H17BrN2O4S/c1-16-6-5-13(20)19(16)12(8-24-16)14(21)18-11-4-3-9(17)7-10(11)15(22)23-2/h3-4,7,12H,5-6,8H2,1-2H3,(H,18,21)/t12-,16+/m0/s1. The van der Waals surface area contributed by atoms with E-state index in [1.807, 2.05) is 6.92 Å². The van der Waals surface area contributed by atoms with Gasteiger partial charge < -0.3 is 15.0 Å². The molecule has 8 heteroatoms. The number of ether oxygens (including phenoxy) is 1. The molecule has 2 heterocycles. The molecule has 24 heavy (non-hydrogen) atoms. The zero-order valence-electron chi connectivity index (χ0n) is 13.3. The number of nitrogens with one attached hydrogen (secondary N) is 1. The zero-order chi connectivity index (χ0) is 17.5. The number of esters is 1. The molecule has 0 bridgehead atoms. The lowest BCUT2D eigenvalue weighted by molar-refractivity contribution is -0.135. The highest BCUT2D eigenvalue weighted by Gasteiger charge is 2.52. The Bertz CT molecular complexity index is 726. The molecule has 0 aromatic heterocycles. The molecule has 0 saturated carbocycles. The van der Waals surface area contributed by atoms with Crippen molar-refractivity contribution in [1.82, 2.24) is 4.90 Å². The molecule has 6 nitrogen and oxygen atoms in total. The molecule has 128 valence electrons. The van der Waals surface area contributed by atoms with Crippen LogP contribution in [-0.4, -0.2) is 46.5 Å². The predicted molar refractivity (Wildman–Crippen MR) is 94.8 cm³/mol. The first-order chi connectivity index (χ1) is 11.4. The van der Waals surface area contributed by atoms with Gasteiger partial charge in [-0.3, -0.25) is 9.59 Å². The lowest BCUT2D eigenvalue weighted by Crippen LogP contribution is -2.48. The number of anilines is 1. The van der Waals surface area contributed by atoms with Crippen LogP contribution < -0.4 is 5.32 Å². The van der Waals surface area contributed by atoms with Crippen molar-refractivity contribution in [3.63, 3.8) is 0 Å². The van der Waals surface area contributed by atoms with Crippen molar-refractivity contribution in [3.8, 4) is 0 Å². The van der Waals surface area contributed by atoms with E-state index in [4.69, 9.17) is 4.74 Å². The van der Waals surface area contributed by atoms with Crippen LogP contribution in [0.15, 0.2) is 22.7 Å². The minimum Gasteiger partial charge on any atom is -0.465 e. The van der Waals surface area contributed by atoms with Crippen molar-refractivity contribution in [2.75, 3.05) is 18.2 Å². The number of hydrogen-bond acceptors (Lipinski definition) is 5. The van der Waals surface area contributed by atoms with Gasteiger partial charge in [-0.25, -0.2) is 4.79 Å². The second-order valence-electron chi connectivity index (χ2n) is 5.94. The van der Waals surface area contributed by atoms with Gasteiger partial charge >= 0.3 is 5.97 Å². The summed E-state index contributed by atoms with van der Waals surface area (Å²) in [7, 11) is 1.29. The van der Waals surface area contributed by atoms with E-state index >= 15 is 0 Å². The van der Waals surface area contributed by atoms with Gasteiger partial charge in [0.2, 0.25) is 11.8 Å². The summed E-state index contributed by atoms with van der Waals surface area (Å²) >= 11 is 4.93. The average molecular weight is 413 g/mol. The third-order valence-electron chi connectivity index (χ3n) is 4.39. The van der Waals surface area contributed by atoms with Crippen molar-refractivity contribution in [2.45, 2.75) is 30.7 Å². The van der Waals surface area contributed by atoms with Crippen LogP contribution in [0.2, 0.25) is 0 Å². The maximum Gasteiger partial charge on any atom is 0.340 e. The smallest absolute Gasteiger partial charge is 0.340 e. The van der Waals surface area contributed by atoms with E-state index in [-0.39, 0.29) is 22.2 Å². The van der Waals surface area contributed by atoms with E-state index < -0.39 is 12.0 Å². The molecule has 0 unspecified atom stereocenters. The predicted octanol–water partition coefficient (Wildman–Crippen LogP) is 2.63. The molecule has 2 atom stereocenters. The van der Waals surface area contributed by atoms with Crippen molar-refractivity contribution >= 4 is 51.2 Å². The van der Waals surface area contributed by atoms with Crippen LogP contribution in [0.5, 0.6) is 0 Å². The first-order valence-electron chi connectivity index (χ1n) is 7.50. The van der Waals surface area contributed by atoms with E-state index in [2.05, 4.69) is 21.2 Å². The number of hydrogen-bond donors (Lipinski definition) is 1. The Kier molecular flexibility index (Phi) is 4.61. The van der Waals surface area contributed by atoms with E-state index in [0.717, 1.165) is 6.42 Å². The maximum atomic E-state index is 12.7. The van der Waals surface area contributed by atoms with Gasteiger partial charge in [0.1, 0.15) is 6.04 Å². The van der Waals surface area contributed by atoms with Gasteiger partial charge in [0.25, 0.3) is 0 Å². The lowest BCUT2D eigenvalue weighted by Gasteiger charge is -2.30. The first kappa shape index (κ1) is 17.3. The van der Waals surface area contributed by atoms with E-state index in [9.17, 15) is 14.4 Å². The number of nitrogens with zero attached hydrogens (tertiary/aromatic N) is 1. The normalized spacial score (nSPS) is 25.5. The molecule has 3 rings (SSSR count). The first-order valence-corrected chi connectivity index (χ1v) is 9.28. The monoisotopic (exact) mass is 412 g/mol. The highest BCUT2D eigenvalue weighted by Crippen LogP contribution is 2.47. The summed E-state index contributed by atoms with van der Waals surface area (Å²) in [5.41, 5.74) is 0.640. The van der Waals surface area contributed by atoms with Crippen LogP contribution in [0, 0.1) is 0 Å². The summed E-state index contributed by atoms with van der Waals surface area (Å²) in [5, 5.41) is 2.78. The van der Waals surface area contributed by atoms with Crippen LogP contribution in [0.4, 0.5) is 5.69 Å². The molecule has 0 aliphatic carbocycles. The largest absolute Gasteiger partial charge is 0.465 e. The van der Waals surface area contributed by atoms with Gasteiger partial charge in [0.15, 0.2) is 0 Å². The molecular weight excluding hydrogens is 396 g/mol. The van der Waals surface area contributed by atoms with Crippen LogP contribution in [0.1, 0.15) is 30.1 Å². The molecule has 1 N–H and O–H groups in total. The summed E-state index contributed by atoms with van der Waals surface area (Å²) in [6, 6.07) is 4.44. The van der Waals surface area contributed by atoms with E-state index in [1.54, 1.807) is 34.9 Å². The van der Waals surface area contributed by atoms with Crippen LogP contribution in [-0.2, 0) is 14.3 Å². The molecule has 2 amide bonds. The Morgan fingerprint density at radius 3 is 2.92 bits per heavy atom. The Hall–Kier alpha value is -1.54. The molecule has 0 radical (unpaired) electrons. The number of methoxy groups -OCH3 is 1. The van der Waals surface area contributed by atoms with Crippen LogP contribution >= 0.6 is 27.7 Å². The SMILES string of the molecule is COC(=O)c1cc(Br)ccc1NC(=O)[C@@H]1CS[C@]2(C)CCC(=O)N12. The second-order valence-corrected chi connectivity index (χ2v) is 8.35. The zero-order valence-corrected chi connectivity index (χ0v) is 15.7. The Balaban J connectivity index is 1.83. The minimum absolute atomic E-state index is 0.00616. The van der Waals surface area contributed by atoms with Gasteiger partial charge in [0.05, 0.1) is 23.2 Å². The molecule has 0 spiro atoms. The Labute approximate surface area is 152 Å². The number of fused-ring (bicyclic) bond motifs is 1.